The number of imide groups is 2. The summed E-state index contributed by atoms with van der Waals surface area (Å²) in [7, 11) is 0. The number of piperazine rings is 1. The molecule has 0 aromatic rings. The summed E-state index contributed by atoms with van der Waals surface area (Å²) in [6, 6.07) is 0. The molecule has 0 aromatic heterocycles. The van der Waals surface area contributed by atoms with Gasteiger partial charge < -0.3 is 9.80 Å². The van der Waals surface area contributed by atoms with Crippen molar-refractivity contribution < 1.29 is 29.0 Å². The van der Waals surface area contributed by atoms with Crippen molar-refractivity contribution >= 4 is 23.6 Å². The number of amides is 4. The Kier molecular flexibility index (Phi) is 7.21. The molecule has 40 heavy (non-hydrogen) atoms. The van der Waals surface area contributed by atoms with Crippen LogP contribution in [0.4, 0.5) is 0 Å². The smallest absolute Gasteiger partial charge is 0.236 e. The summed E-state index contributed by atoms with van der Waals surface area (Å²) < 4.78 is 0. The second-order valence-electron chi connectivity index (χ2n) is 14.3. The van der Waals surface area contributed by atoms with E-state index in [0.29, 0.717) is 13.1 Å². The number of carbonyl (C=O) groups is 4. The van der Waals surface area contributed by atoms with Gasteiger partial charge in [0.1, 0.15) is 39.3 Å². The summed E-state index contributed by atoms with van der Waals surface area (Å²) >= 11 is 0. The quantitative estimate of drug-likeness (QED) is 0.362. The van der Waals surface area contributed by atoms with Crippen molar-refractivity contribution in [3.05, 3.63) is 0 Å². The molecule has 3 aliphatic heterocycles. The summed E-state index contributed by atoms with van der Waals surface area (Å²) in [5, 5.41) is 0. The lowest BCUT2D eigenvalue weighted by Crippen LogP contribution is -3.28. The van der Waals surface area contributed by atoms with Gasteiger partial charge in [-0.3, -0.25) is 29.0 Å². The largest absolute Gasteiger partial charge is 0.316 e. The zero-order valence-electron chi connectivity index (χ0n) is 25.2. The summed E-state index contributed by atoms with van der Waals surface area (Å²) in [6.45, 7) is 18.0. The number of nitrogens with zero attached hydrogens (tertiary/aromatic N) is 2. The average Bonchev–Trinajstić information content (AvgIpc) is 3.22. The van der Waals surface area contributed by atoms with Crippen molar-refractivity contribution in [2.45, 2.75) is 67.2 Å². The van der Waals surface area contributed by atoms with Gasteiger partial charge in [-0.25, -0.2) is 0 Å². The van der Waals surface area contributed by atoms with Crippen molar-refractivity contribution in [1.82, 2.24) is 9.80 Å². The fourth-order valence-corrected chi connectivity index (χ4v) is 8.06. The Morgan fingerprint density at radius 1 is 0.625 bits per heavy atom. The summed E-state index contributed by atoms with van der Waals surface area (Å²) in [5.41, 5.74) is -1.54. The Morgan fingerprint density at radius 2 is 0.975 bits per heavy atom. The molecular weight excluding hydrogens is 504 g/mol. The molecule has 2 aliphatic carbocycles. The summed E-state index contributed by atoms with van der Waals surface area (Å²) in [6.07, 6.45) is 3.11. The fourth-order valence-electron chi connectivity index (χ4n) is 8.06. The lowest BCUT2D eigenvalue weighted by atomic mass is 9.62. The minimum Gasteiger partial charge on any atom is -0.316 e. The second kappa shape index (κ2) is 10.00. The Hall–Kier alpha value is -2.68. The number of carbonyl (C=O) groups excluding carboxylic acids is 4. The maximum Gasteiger partial charge on any atom is 0.236 e. The third-order valence-electron chi connectivity index (χ3n) is 12.1. The lowest BCUT2D eigenvalue weighted by Gasteiger charge is -2.47. The predicted octanol–water partition coefficient (Wildman–Crippen LogP) is -0.601. The molecule has 5 aliphatic rings. The van der Waals surface area contributed by atoms with Crippen LogP contribution in [0.2, 0.25) is 0 Å². The molecule has 0 unspecified atom stereocenters. The molecule has 0 radical (unpaired) electrons. The summed E-state index contributed by atoms with van der Waals surface area (Å²) in [4.78, 5) is 57.9. The first-order valence-corrected chi connectivity index (χ1v) is 15.1. The first-order valence-electron chi connectivity index (χ1n) is 15.1. The van der Waals surface area contributed by atoms with Gasteiger partial charge in [0, 0.05) is 11.8 Å². The molecule has 3 saturated heterocycles. The highest BCUT2D eigenvalue weighted by Crippen LogP contribution is 2.61. The molecule has 3 heterocycles. The van der Waals surface area contributed by atoms with Crippen molar-refractivity contribution in [2.75, 3.05) is 52.4 Å². The molecule has 0 aromatic carbocycles. The van der Waals surface area contributed by atoms with Crippen LogP contribution in [0, 0.1) is 57.2 Å². The first-order chi connectivity index (χ1) is 18.8. The molecule has 0 spiro atoms. The van der Waals surface area contributed by atoms with Crippen molar-refractivity contribution in [3.63, 3.8) is 0 Å². The van der Waals surface area contributed by atoms with Crippen molar-refractivity contribution in [2.24, 2.45) is 33.5 Å². The van der Waals surface area contributed by atoms with Crippen LogP contribution in [0.1, 0.15) is 67.2 Å². The second-order valence-corrected chi connectivity index (χ2v) is 14.3. The van der Waals surface area contributed by atoms with E-state index in [2.05, 4.69) is 51.4 Å². The molecule has 2 N–H and O–H groups in total. The van der Waals surface area contributed by atoms with Crippen molar-refractivity contribution in [1.29, 1.82) is 0 Å². The van der Waals surface area contributed by atoms with Gasteiger partial charge in [-0.15, -0.1) is 0 Å². The van der Waals surface area contributed by atoms with Gasteiger partial charge in [-0.1, -0.05) is 53.4 Å². The molecule has 216 valence electrons. The number of rotatable bonds is 4. The van der Waals surface area contributed by atoms with E-state index in [1.165, 1.54) is 19.6 Å². The van der Waals surface area contributed by atoms with Gasteiger partial charge in [0.2, 0.25) is 23.6 Å². The first kappa shape index (κ1) is 28.8. The lowest BCUT2D eigenvalue weighted by molar-refractivity contribution is -1.01. The van der Waals surface area contributed by atoms with Gasteiger partial charge in [-0.05, 0) is 48.4 Å². The van der Waals surface area contributed by atoms with E-state index < -0.39 is 10.8 Å². The molecule has 5 rings (SSSR count). The normalized spacial score (nSPS) is 37.6. The number of fused-ring (bicyclic) bond motifs is 4. The predicted molar refractivity (Wildman–Crippen MR) is 149 cm³/mol. The van der Waals surface area contributed by atoms with Crippen LogP contribution in [-0.2, 0) is 19.2 Å². The fraction of sp³-hybridized carbons (Fsp3) is 0.750. The van der Waals surface area contributed by atoms with E-state index in [9.17, 15) is 19.2 Å². The van der Waals surface area contributed by atoms with Crippen LogP contribution in [0.5, 0.6) is 0 Å². The minimum absolute atomic E-state index is 0.0515. The number of nitrogens with one attached hydrogen (secondary N) is 2. The average molecular weight is 551 g/mol. The van der Waals surface area contributed by atoms with Crippen LogP contribution < -0.4 is 9.80 Å². The Balaban J connectivity index is 1.05. The molecule has 5 fully saturated rings. The van der Waals surface area contributed by atoms with E-state index in [0.717, 1.165) is 51.9 Å². The maximum absolute atomic E-state index is 13.1. The third kappa shape index (κ3) is 4.22. The number of likely N-dealkylation sites (tertiary alicyclic amines) is 2. The maximum atomic E-state index is 13.1. The number of hydrogen-bond acceptors (Lipinski definition) is 4. The van der Waals surface area contributed by atoms with Gasteiger partial charge in [-0.2, -0.15) is 0 Å². The minimum atomic E-state index is -0.478. The molecule has 2 saturated carbocycles. The third-order valence-corrected chi connectivity index (χ3v) is 12.1. The molecule has 4 bridgehead atoms. The van der Waals surface area contributed by atoms with E-state index in [4.69, 9.17) is 0 Å². The zero-order valence-corrected chi connectivity index (χ0v) is 25.2. The zero-order chi connectivity index (χ0) is 29.1. The van der Waals surface area contributed by atoms with E-state index in [-0.39, 0.29) is 59.4 Å². The van der Waals surface area contributed by atoms with Gasteiger partial charge in [0.15, 0.2) is 0 Å². The van der Waals surface area contributed by atoms with Crippen LogP contribution in [0.3, 0.4) is 0 Å². The van der Waals surface area contributed by atoms with Crippen LogP contribution in [-0.4, -0.2) is 85.8 Å². The van der Waals surface area contributed by atoms with Crippen LogP contribution in [0.15, 0.2) is 0 Å². The summed E-state index contributed by atoms with van der Waals surface area (Å²) in [5.74, 6) is 12.3. The molecule has 8 heteroatoms. The Morgan fingerprint density at radius 3 is 1.32 bits per heavy atom. The van der Waals surface area contributed by atoms with E-state index in [1.54, 1.807) is 0 Å². The molecule has 8 nitrogen and oxygen atoms in total. The highest BCUT2D eigenvalue weighted by atomic mass is 16.2. The number of piperidine rings is 2. The monoisotopic (exact) mass is 550 g/mol. The molecule has 4 atom stereocenters. The molecular formula is C32H46N4O4+2. The van der Waals surface area contributed by atoms with Gasteiger partial charge in [0.25, 0.3) is 0 Å². The number of quaternary nitrogens is 2. The topological polar surface area (TPSA) is 83.6 Å². The highest BCUT2D eigenvalue weighted by Gasteiger charge is 2.65. The van der Waals surface area contributed by atoms with Gasteiger partial charge >= 0.3 is 0 Å². The van der Waals surface area contributed by atoms with E-state index in [1.807, 2.05) is 13.8 Å². The standard InChI is InChI=1S/C32H44N4O4/c1-29(2)23-11-13-31(29,5)27(39)35(25(23)37)17-9-7-15-33-19-21-34(22-20-33)16-8-10-18-36-26(38)24-12-14-32(6,28(36)40)30(24,3)4/h23-24H,11-22H2,1-6H3/p+2/t23-,24+,31-,32-/m0/s1. The van der Waals surface area contributed by atoms with Crippen molar-refractivity contribution in [3.8, 4) is 23.7 Å². The Labute approximate surface area is 239 Å². The Bertz CT molecular complexity index is 1140. The van der Waals surface area contributed by atoms with E-state index >= 15 is 0 Å². The van der Waals surface area contributed by atoms with Gasteiger partial charge in [0.05, 0.1) is 23.9 Å². The van der Waals surface area contributed by atoms with Crippen LogP contribution >= 0.6 is 0 Å². The molecule has 4 amide bonds. The van der Waals surface area contributed by atoms with Crippen LogP contribution in [0.25, 0.3) is 0 Å². The highest BCUT2D eigenvalue weighted by molar-refractivity contribution is 6.04. The number of hydrogen-bond donors (Lipinski definition) is 2. The SMILES string of the molecule is CC1(C)[C@@H]2CC[C@@]1(C)C(=O)N(CC#CC[NH+]1CC[NH+](CC#CCN3C(=O)[C@@H]4CC[C@@](C)(C3=O)C4(C)C)CC1)C2=O.